The molecule has 1 aliphatic heterocycles. The molecule has 2 heterocycles. The smallest absolute Gasteiger partial charge is 0.274 e. The molecule has 2 aromatic rings. The number of fused-ring (bicyclic) bond motifs is 1. The highest BCUT2D eigenvalue weighted by atomic mass is 16.5. The van der Waals surface area contributed by atoms with Gasteiger partial charge in [0, 0.05) is 37.4 Å². The van der Waals surface area contributed by atoms with Gasteiger partial charge in [-0.15, -0.1) is 0 Å². The van der Waals surface area contributed by atoms with Gasteiger partial charge in [-0.05, 0) is 75.6 Å². The van der Waals surface area contributed by atoms with Gasteiger partial charge in [-0.3, -0.25) is 9.89 Å². The summed E-state index contributed by atoms with van der Waals surface area (Å²) in [7, 11) is 1.71. The Morgan fingerprint density at radius 1 is 1.33 bits per heavy atom. The summed E-state index contributed by atoms with van der Waals surface area (Å²) >= 11 is 0. The Morgan fingerprint density at radius 3 is 3.07 bits per heavy atom. The standard InChI is InChI=1S/C24H34N4O2/c1-3-28(24(29)23-21-10-5-11-22(21)25-26-23)17-19-8-6-13-27(16-19)14-12-18-7-4-9-20(15-18)30-2/h4,7,9,15,19H,3,5-6,8,10-14,16-17H2,1-2H3,(H,25,26)/t19-/m0/s1. The molecule has 1 N–H and O–H groups in total. The zero-order valence-corrected chi connectivity index (χ0v) is 18.3. The third-order valence-corrected chi connectivity index (χ3v) is 6.61. The van der Waals surface area contributed by atoms with Crippen molar-refractivity contribution in [1.29, 1.82) is 0 Å². The molecule has 6 heteroatoms. The van der Waals surface area contributed by atoms with Gasteiger partial charge in [0.15, 0.2) is 5.69 Å². The lowest BCUT2D eigenvalue weighted by Gasteiger charge is -2.35. The number of methoxy groups -OCH3 is 1. The Hall–Kier alpha value is -2.34. The molecule has 0 radical (unpaired) electrons. The summed E-state index contributed by atoms with van der Waals surface area (Å²) in [4.78, 5) is 17.7. The van der Waals surface area contributed by atoms with Crippen LogP contribution in [0, 0.1) is 5.92 Å². The first-order valence-electron chi connectivity index (χ1n) is 11.4. The number of amides is 1. The monoisotopic (exact) mass is 410 g/mol. The summed E-state index contributed by atoms with van der Waals surface area (Å²) in [5.41, 5.74) is 4.29. The largest absolute Gasteiger partial charge is 0.497 e. The van der Waals surface area contributed by atoms with Crippen LogP contribution in [0.1, 0.15) is 53.5 Å². The lowest BCUT2D eigenvalue weighted by atomic mass is 9.96. The van der Waals surface area contributed by atoms with Gasteiger partial charge in [0.1, 0.15) is 5.75 Å². The summed E-state index contributed by atoms with van der Waals surface area (Å²) in [6.07, 6.45) is 6.55. The fraction of sp³-hybridized carbons (Fsp3) is 0.583. The van der Waals surface area contributed by atoms with Gasteiger partial charge >= 0.3 is 0 Å². The number of ether oxygens (including phenoxy) is 1. The average molecular weight is 411 g/mol. The molecule has 1 aliphatic carbocycles. The third kappa shape index (κ3) is 4.69. The molecular weight excluding hydrogens is 376 g/mol. The quantitative estimate of drug-likeness (QED) is 0.725. The van der Waals surface area contributed by atoms with E-state index in [0.717, 1.165) is 75.4 Å². The zero-order valence-electron chi connectivity index (χ0n) is 18.3. The third-order valence-electron chi connectivity index (χ3n) is 6.61. The van der Waals surface area contributed by atoms with E-state index in [9.17, 15) is 4.79 Å². The van der Waals surface area contributed by atoms with Crippen molar-refractivity contribution in [1.82, 2.24) is 20.0 Å². The van der Waals surface area contributed by atoms with Crippen molar-refractivity contribution in [2.45, 2.75) is 45.4 Å². The van der Waals surface area contributed by atoms with E-state index in [4.69, 9.17) is 4.74 Å². The second-order valence-electron chi connectivity index (χ2n) is 8.64. The molecule has 1 aromatic carbocycles. The Kier molecular flexibility index (Phi) is 6.72. The Balaban J connectivity index is 1.32. The van der Waals surface area contributed by atoms with Gasteiger partial charge < -0.3 is 14.5 Å². The van der Waals surface area contributed by atoms with Crippen LogP contribution in [-0.2, 0) is 19.3 Å². The molecule has 1 saturated heterocycles. The number of aromatic nitrogens is 2. The number of hydrogen-bond acceptors (Lipinski definition) is 4. The normalized spacial score (nSPS) is 18.9. The van der Waals surface area contributed by atoms with Crippen LogP contribution in [0.3, 0.4) is 0 Å². The molecule has 1 atom stereocenters. The molecule has 1 amide bonds. The Bertz CT molecular complexity index is 863. The maximum atomic E-state index is 13.1. The van der Waals surface area contributed by atoms with Gasteiger partial charge in [0.2, 0.25) is 0 Å². The molecule has 162 valence electrons. The number of likely N-dealkylation sites (tertiary alicyclic amines) is 1. The number of benzene rings is 1. The van der Waals surface area contributed by atoms with E-state index < -0.39 is 0 Å². The zero-order chi connectivity index (χ0) is 20.9. The fourth-order valence-corrected chi connectivity index (χ4v) is 4.93. The van der Waals surface area contributed by atoms with Crippen molar-refractivity contribution in [3.63, 3.8) is 0 Å². The fourth-order valence-electron chi connectivity index (χ4n) is 4.93. The number of aromatic amines is 1. The number of hydrogen-bond donors (Lipinski definition) is 1. The number of rotatable bonds is 8. The molecular formula is C24H34N4O2. The predicted molar refractivity (Wildman–Crippen MR) is 118 cm³/mol. The van der Waals surface area contributed by atoms with Crippen LogP contribution >= 0.6 is 0 Å². The average Bonchev–Trinajstić information content (AvgIpc) is 3.40. The number of aryl methyl sites for hydroxylation is 1. The lowest BCUT2D eigenvalue weighted by Crippen LogP contribution is -2.43. The van der Waals surface area contributed by atoms with Gasteiger partial charge in [0.05, 0.1) is 7.11 Å². The van der Waals surface area contributed by atoms with Crippen molar-refractivity contribution in [3.8, 4) is 5.75 Å². The van der Waals surface area contributed by atoms with Crippen molar-refractivity contribution < 1.29 is 9.53 Å². The minimum absolute atomic E-state index is 0.102. The Labute approximate surface area is 179 Å². The summed E-state index contributed by atoms with van der Waals surface area (Å²) in [5.74, 6) is 1.55. The SMILES string of the molecule is CCN(C[C@H]1CCCN(CCc2cccc(OC)c2)C1)C(=O)c1n[nH]c2c1CCC2. The minimum atomic E-state index is 0.102. The summed E-state index contributed by atoms with van der Waals surface area (Å²) in [5, 5.41) is 7.44. The van der Waals surface area contributed by atoms with Crippen molar-refractivity contribution in [3.05, 3.63) is 46.8 Å². The molecule has 30 heavy (non-hydrogen) atoms. The van der Waals surface area contributed by atoms with Gasteiger partial charge in [0.25, 0.3) is 5.91 Å². The van der Waals surface area contributed by atoms with Crippen LogP contribution in [0.2, 0.25) is 0 Å². The number of piperidine rings is 1. The number of carbonyl (C=O) groups excluding carboxylic acids is 1. The molecule has 0 spiro atoms. The maximum Gasteiger partial charge on any atom is 0.274 e. The number of H-pyrrole nitrogens is 1. The van der Waals surface area contributed by atoms with E-state index >= 15 is 0 Å². The minimum Gasteiger partial charge on any atom is -0.497 e. The highest BCUT2D eigenvalue weighted by Gasteiger charge is 2.28. The van der Waals surface area contributed by atoms with E-state index in [1.54, 1.807) is 7.11 Å². The van der Waals surface area contributed by atoms with Crippen LogP contribution in [0.5, 0.6) is 5.75 Å². The highest BCUT2D eigenvalue weighted by Crippen LogP contribution is 2.25. The van der Waals surface area contributed by atoms with Crippen LogP contribution in [0.25, 0.3) is 0 Å². The van der Waals surface area contributed by atoms with E-state index in [2.05, 4.69) is 40.2 Å². The van der Waals surface area contributed by atoms with E-state index in [0.29, 0.717) is 11.6 Å². The topological polar surface area (TPSA) is 61.5 Å². The number of nitrogens with zero attached hydrogens (tertiary/aromatic N) is 3. The predicted octanol–water partition coefficient (Wildman–Crippen LogP) is 3.32. The number of nitrogens with one attached hydrogen (secondary N) is 1. The van der Waals surface area contributed by atoms with Crippen LogP contribution < -0.4 is 4.74 Å². The molecule has 2 aliphatic rings. The summed E-state index contributed by atoms with van der Waals surface area (Å²) in [6.45, 7) is 6.90. The summed E-state index contributed by atoms with van der Waals surface area (Å²) in [6, 6.07) is 8.35. The van der Waals surface area contributed by atoms with E-state index in [-0.39, 0.29) is 5.91 Å². The molecule has 0 unspecified atom stereocenters. The van der Waals surface area contributed by atoms with Crippen molar-refractivity contribution >= 4 is 5.91 Å². The highest BCUT2D eigenvalue weighted by molar-refractivity contribution is 5.94. The van der Waals surface area contributed by atoms with Crippen LogP contribution in [-0.4, -0.2) is 65.7 Å². The van der Waals surface area contributed by atoms with Gasteiger partial charge in [-0.1, -0.05) is 12.1 Å². The molecule has 6 nitrogen and oxygen atoms in total. The van der Waals surface area contributed by atoms with E-state index in [1.165, 1.54) is 18.4 Å². The molecule has 1 aromatic heterocycles. The summed E-state index contributed by atoms with van der Waals surface area (Å²) < 4.78 is 5.34. The van der Waals surface area contributed by atoms with Crippen LogP contribution in [0.15, 0.2) is 24.3 Å². The second-order valence-corrected chi connectivity index (χ2v) is 8.64. The van der Waals surface area contributed by atoms with Gasteiger partial charge in [-0.25, -0.2) is 0 Å². The first-order chi connectivity index (χ1) is 14.7. The first kappa shape index (κ1) is 20.9. The maximum absolute atomic E-state index is 13.1. The second kappa shape index (κ2) is 9.65. The first-order valence-corrected chi connectivity index (χ1v) is 11.4. The number of carbonyl (C=O) groups is 1. The molecule has 4 rings (SSSR count). The van der Waals surface area contributed by atoms with Crippen LogP contribution in [0.4, 0.5) is 0 Å². The lowest BCUT2D eigenvalue weighted by molar-refractivity contribution is 0.0684. The molecule has 0 saturated carbocycles. The molecule has 0 bridgehead atoms. The van der Waals surface area contributed by atoms with E-state index in [1.807, 2.05) is 11.0 Å². The Morgan fingerprint density at radius 2 is 2.23 bits per heavy atom. The van der Waals surface area contributed by atoms with Crippen molar-refractivity contribution in [2.75, 3.05) is 39.8 Å². The van der Waals surface area contributed by atoms with Gasteiger partial charge in [-0.2, -0.15) is 5.10 Å². The molecule has 1 fully saturated rings. The van der Waals surface area contributed by atoms with Crippen molar-refractivity contribution in [2.24, 2.45) is 5.92 Å².